The van der Waals surface area contributed by atoms with Gasteiger partial charge in [0.05, 0.1) is 33.4 Å². The summed E-state index contributed by atoms with van der Waals surface area (Å²) in [4.78, 5) is 28.6. The van der Waals surface area contributed by atoms with Crippen LogP contribution < -0.4 is 13.8 Å². The predicted octanol–water partition coefficient (Wildman–Crippen LogP) is 4.52. The van der Waals surface area contributed by atoms with Gasteiger partial charge in [0, 0.05) is 24.7 Å². The summed E-state index contributed by atoms with van der Waals surface area (Å²) in [5.74, 6) is -0.241. The molecular formula is C26H24N4O6S2. The van der Waals surface area contributed by atoms with Crippen LogP contribution in [0.3, 0.4) is 0 Å². The highest BCUT2D eigenvalue weighted by Gasteiger charge is 2.29. The van der Waals surface area contributed by atoms with Crippen molar-refractivity contribution in [2.45, 2.75) is 31.2 Å². The Bertz CT molecular complexity index is 1740. The van der Waals surface area contributed by atoms with Crippen LogP contribution in [-0.2, 0) is 23.0 Å². The summed E-state index contributed by atoms with van der Waals surface area (Å²) in [5, 5.41) is 11.3. The molecule has 0 fully saturated rings. The number of aryl methyl sites for hydroxylation is 2. The third kappa shape index (κ3) is 4.45. The molecule has 0 aliphatic carbocycles. The topological polar surface area (TPSA) is 124 Å². The predicted molar refractivity (Wildman–Crippen MR) is 144 cm³/mol. The molecule has 0 saturated heterocycles. The van der Waals surface area contributed by atoms with Crippen LogP contribution in [0.2, 0.25) is 0 Å². The summed E-state index contributed by atoms with van der Waals surface area (Å²) in [7, 11) is -2.38. The van der Waals surface area contributed by atoms with Gasteiger partial charge in [0.15, 0.2) is 10.6 Å². The average Bonchev–Trinajstić information content (AvgIpc) is 3.28. The molecule has 1 aromatic heterocycles. The molecule has 10 nitrogen and oxygen atoms in total. The van der Waals surface area contributed by atoms with Gasteiger partial charge in [-0.25, -0.2) is 8.42 Å². The Morgan fingerprint density at radius 1 is 1.16 bits per heavy atom. The van der Waals surface area contributed by atoms with Crippen molar-refractivity contribution in [3.05, 3.63) is 86.7 Å². The first kappa shape index (κ1) is 25.6. The van der Waals surface area contributed by atoms with Gasteiger partial charge >= 0.3 is 0 Å². The van der Waals surface area contributed by atoms with E-state index in [9.17, 15) is 23.3 Å². The number of thiazole rings is 1. The van der Waals surface area contributed by atoms with Crippen LogP contribution in [0.15, 0.2) is 70.6 Å². The van der Waals surface area contributed by atoms with Crippen LogP contribution in [0.5, 0.6) is 5.75 Å². The third-order valence-electron chi connectivity index (χ3n) is 6.43. The minimum Gasteiger partial charge on any atom is -0.494 e. The molecule has 0 radical (unpaired) electrons. The molecule has 1 aliphatic heterocycles. The number of aromatic nitrogens is 1. The van der Waals surface area contributed by atoms with Gasteiger partial charge < -0.3 is 9.30 Å². The van der Waals surface area contributed by atoms with Gasteiger partial charge in [-0.2, -0.15) is 4.99 Å². The minimum atomic E-state index is -3.80. The van der Waals surface area contributed by atoms with Crippen molar-refractivity contribution in [3.8, 4) is 5.75 Å². The van der Waals surface area contributed by atoms with Crippen LogP contribution in [0, 0.1) is 10.1 Å². The highest BCUT2D eigenvalue weighted by molar-refractivity contribution is 7.92. The molecule has 0 atom stereocenters. The van der Waals surface area contributed by atoms with Gasteiger partial charge in [0.1, 0.15) is 5.52 Å². The third-order valence-corrected chi connectivity index (χ3v) is 9.28. The number of benzene rings is 3. The van der Waals surface area contributed by atoms with E-state index in [0.717, 1.165) is 29.7 Å². The number of nitro benzene ring substituents is 1. The molecular weight excluding hydrogens is 528 g/mol. The molecule has 1 aliphatic rings. The van der Waals surface area contributed by atoms with E-state index in [1.165, 1.54) is 47.8 Å². The van der Waals surface area contributed by atoms with Gasteiger partial charge in [-0.05, 0) is 55.7 Å². The van der Waals surface area contributed by atoms with Crippen LogP contribution in [-0.4, -0.2) is 37.5 Å². The zero-order valence-corrected chi connectivity index (χ0v) is 22.3. The van der Waals surface area contributed by atoms with Gasteiger partial charge in [0.2, 0.25) is 0 Å². The number of rotatable bonds is 6. The molecule has 0 saturated carbocycles. The fourth-order valence-electron chi connectivity index (χ4n) is 4.60. The monoisotopic (exact) mass is 552 g/mol. The number of para-hydroxylation sites is 1. The van der Waals surface area contributed by atoms with E-state index in [1.54, 1.807) is 10.6 Å². The molecule has 1 amide bonds. The van der Waals surface area contributed by atoms with Crippen LogP contribution in [0.4, 0.5) is 11.4 Å². The van der Waals surface area contributed by atoms with E-state index in [0.29, 0.717) is 39.5 Å². The number of fused-ring (bicyclic) bond motifs is 2. The molecule has 0 N–H and O–H groups in total. The first-order chi connectivity index (χ1) is 18.2. The molecule has 5 rings (SSSR count). The van der Waals surface area contributed by atoms with Crippen molar-refractivity contribution < 1.29 is 22.9 Å². The number of nitrogens with zero attached hydrogens (tertiary/aromatic N) is 4. The first-order valence-electron chi connectivity index (χ1n) is 11.9. The number of sulfonamides is 1. The van der Waals surface area contributed by atoms with Crippen molar-refractivity contribution in [2.24, 2.45) is 4.99 Å². The number of hydrogen-bond donors (Lipinski definition) is 0. The quantitative estimate of drug-likeness (QED) is 0.256. The minimum absolute atomic E-state index is 0.0910. The molecule has 196 valence electrons. The summed E-state index contributed by atoms with van der Waals surface area (Å²) in [5.41, 5.74) is 2.38. The molecule has 0 bridgehead atoms. The van der Waals surface area contributed by atoms with E-state index in [1.807, 2.05) is 25.1 Å². The molecule has 0 spiro atoms. The number of ether oxygens (including phenoxy) is 1. The van der Waals surface area contributed by atoms with Crippen molar-refractivity contribution in [2.75, 3.05) is 18.0 Å². The summed E-state index contributed by atoms with van der Waals surface area (Å²) in [6.45, 7) is 2.71. The number of carbonyl (C=O) groups excluding carboxylic acids is 1. The summed E-state index contributed by atoms with van der Waals surface area (Å²) >= 11 is 1.14. The lowest BCUT2D eigenvalue weighted by atomic mass is 10.0. The maximum absolute atomic E-state index is 13.4. The Labute approximate surface area is 222 Å². The summed E-state index contributed by atoms with van der Waals surface area (Å²) < 4.78 is 35.9. The van der Waals surface area contributed by atoms with Gasteiger partial charge in [-0.15, -0.1) is 0 Å². The first-order valence-corrected chi connectivity index (χ1v) is 14.2. The Balaban J connectivity index is 1.49. The lowest BCUT2D eigenvalue weighted by Gasteiger charge is -2.30. The van der Waals surface area contributed by atoms with Crippen molar-refractivity contribution >= 4 is 48.9 Å². The van der Waals surface area contributed by atoms with Gasteiger partial charge in [0.25, 0.3) is 21.6 Å². The molecule has 0 unspecified atom stereocenters. The second-order valence-electron chi connectivity index (χ2n) is 8.63. The standard InChI is InChI=1S/C26H24N4O6S2/c1-3-28-24-22(36-2)15-19(30(32)33)16-23(24)37-26(28)27-25(31)18-10-12-20(13-11-18)38(34,35)29-14-6-8-17-7-4-5-9-21(17)29/h4-5,7,9-13,15-16H,3,6,8,14H2,1-2H3. The number of nitro groups is 1. The van der Waals surface area contributed by atoms with Crippen molar-refractivity contribution in [1.82, 2.24) is 4.57 Å². The zero-order chi connectivity index (χ0) is 27.0. The SMILES string of the molecule is CCn1c(=NC(=O)c2ccc(S(=O)(=O)N3CCCc4ccccc43)cc2)sc2cc([N+](=O)[O-])cc(OC)c21. The fraction of sp³-hybridized carbons (Fsp3) is 0.231. The molecule has 4 aromatic rings. The van der Waals surface area contributed by atoms with Crippen molar-refractivity contribution in [3.63, 3.8) is 0 Å². The second-order valence-corrected chi connectivity index (χ2v) is 11.5. The van der Waals surface area contributed by atoms with E-state index >= 15 is 0 Å². The number of amides is 1. The fourth-order valence-corrected chi connectivity index (χ4v) is 7.28. The summed E-state index contributed by atoms with van der Waals surface area (Å²) in [6, 6.07) is 16.0. The average molecular weight is 553 g/mol. The number of hydrogen-bond acceptors (Lipinski definition) is 7. The van der Waals surface area contributed by atoms with E-state index in [4.69, 9.17) is 4.74 Å². The number of anilines is 1. The largest absolute Gasteiger partial charge is 0.494 e. The van der Waals surface area contributed by atoms with Gasteiger partial charge in [-0.3, -0.25) is 19.2 Å². The molecule has 3 aromatic carbocycles. The maximum atomic E-state index is 13.4. The van der Waals surface area contributed by atoms with Crippen LogP contribution in [0.1, 0.15) is 29.3 Å². The highest BCUT2D eigenvalue weighted by atomic mass is 32.2. The Kier molecular flexibility index (Phi) is 6.76. The highest BCUT2D eigenvalue weighted by Crippen LogP contribution is 2.33. The lowest BCUT2D eigenvalue weighted by molar-refractivity contribution is -0.384. The number of carbonyl (C=O) groups is 1. The molecule has 2 heterocycles. The Hall–Kier alpha value is -4.03. The van der Waals surface area contributed by atoms with Gasteiger partial charge in [-0.1, -0.05) is 29.5 Å². The van der Waals surface area contributed by atoms with E-state index in [2.05, 4.69) is 4.99 Å². The second kappa shape index (κ2) is 10.0. The Morgan fingerprint density at radius 2 is 1.89 bits per heavy atom. The van der Waals surface area contributed by atoms with Crippen LogP contribution >= 0.6 is 11.3 Å². The Morgan fingerprint density at radius 3 is 2.58 bits per heavy atom. The normalized spacial score (nSPS) is 13.9. The smallest absolute Gasteiger partial charge is 0.279 e. The van der Waals surface area contributed by atoms with E-state index in [-0.39, 0.29) is 16.1 Å². The number of non-ortho nitro benzene ring substituents is 1. The van der Waals surface area contributed by atoms with E-state index < -0.39 is 20.9 Å². The molecule has 38 heavy (non-hydrogen) atoms. The number of methoxy groups -OCH3 is 1. The van der Waals surface area contributed by atoms with Crippen LogP contribution in [0.25, 0.3) is 10.2 Å². The maximum Gasteiger partial charge on any atom is 0.279 e. The molecule has 12 heteroatoms. The lowest BCUT2D eigenvalue weighted by Crippen LogP contribution is -2.35. The van der Waals surface area contributed by atoms with Crippen molar-refractivity contribution in [1.29, 1.82) is 0 Å². The zero-order valence-electron chi connectivity index (χ0n) is 20.7. The summed E-state index contributed by atoms with van der Waals surface area (Å²) in [6.07, 6.45) is 1.55.